The molecular weight excluding hydrogens is 284 g/mol. The lowest BCUT2D eigenvalue weighted by Crippen LogP contribution is -2.50. The van der Waals surface area contributed by atoms with Crippen LogP contribution in [0.5, 0.6) is 0 Å². The van der Waals surface area contributed by atoms with E-state index in [1.807, 2.05) is 4.90 Å². The molecule has 3 rings (SSSR count). The maximum absolute atomic E-state index is 11.5. The second-order valence-corrected chi connectivity index (χ2v) is 7.85. The standard InChI is InChI=1S/C20H34N2O/c1-16(23)22-14-12-19(13-15-22)21-20(17-8-4-2-5-9-17)18-10-6-3-7-11-18/h8,18-21H,2-7,9-15H2,1H3. The molecule has 23 heavy (non-hydrogen) atoms. The third-order valence-electron chi connectivity index (χ3n) is 6.20. The maximum Gasteiger partial charge on any atom is 0.219 e. The Morgan fingerprint density at radius 3 is 2.43 bits per heavy atom. The van der Waals surface area contributed by atoms with Gasteiger partial charge in [0.05, 0.1) is 0 Å². The molecule has 0 spiro atoms. The first kappa shape index (κ1) is 17.0. The molecule has 1 N–H and O–H groups in total. The fraction of sp³-hybridized carbons (Fsp3) is 0.850. The summed E-state index contributed by atoms with van der Waals surface area (Å²) in [6.45, 7) is 3.57. The van der Waals surface area contributed by atoms with Gasteiger partial charge in [-0.2, -0.15) is 0 Å². The van der Waals surface area contributed by atoms with Crippen molar-refractivity contribution in [1.82, 2.24) is 10.2 Å². The van der Waals surface area contributed by atoms with Crippen LogP contribution in [0.4, 0.5) is 0 Å². The molecule has 1 saturated carbocycles. The molecule has 1 aliphatic heterocycles. The fourth-order valence-electron chi connectivity index (χ4n) is 4.77. The van der Waals surface area contributed by atoms with Gasteiger partial charge in [0.15, 0.2) is 0 Å². The Kier molecular flexibility index (Phi) is 6.15. The Morgan fingerprint density at radius 2 is 1.83 bits per heavy atom. The lowest BCUT2D eigenvalue weighted by atomic mass is 9.78. The lowest BCUT2D eigenvalue weighted by Gasteiger charge is -2.39. The van der Waals surface area contributed by atoms with Crippen molar-refractivity contribution >= 4 is 5.91 Å². The Bertz CT molecular complexity index is 417. The highest BCUT2D eigenvalue weighted by molar-refractivity contribution is 5.73. The number of likely N-dealkylation sites (tertiary alicyclic amines) is 1. The van der Waals surface area contributed by atoms with Gasteiger partial charge in [-0.1, -0.05) is 30.9 Å². The predicted octanol–water partition coefficient (Wildman–Crippen LogP) is 4.04. The van der Waals surface area contributed by atoms with Crippen LogP contribution in [0, 0.1) is 5.92 Å². The number of nitrogens with zero attached hydrogens (tertiary/aromatic N) is 1. The van der Waals surface area contributed by atoms with Crippen LogP contribution in [-0.2, 0) is 4.79 Å². The minimum Gasteiger partial charge on any atom is -0.343 e. The molecular formula is C20H34N2O. The van der Waals surface area contributed by atoms with Gasteiger partial charge in [0.1, 0.15) is 0 Å². The van der Waals surface area contributed by atoms with E-state index in [0.29, 0.717) is 12.1 Å². The number of carbonyl (C=O) groups excluding carboxylic acids is 1. The van der Waals surface area contributed by atoms with Crippen molar-refractivity contribution in [2.24, 2.45) is 5.92 Å². The normalized spacial score (nSPS) is 26.0. The second kappa shape index (κ2) is 8.32. The van der Waals surface area contributed by atoms with Crippen molar-refractivity contribution in [1.29, 1.82) is 0 Å². The molecule has 1 saturated heterocycles. The second-order valence-electron chi connectivity index (χ2n) is 7.85. The summed E-state index contributed by atoms with van der Waals surface area (Å²) in [6.07, 6.45) is 17.2. The molecule has 130 valence electrons. The zero-order valence-electron chi connectivity index (χ0n) is 14.9. The van der Waals surface area contributed by atoms with E-state index in [1.54, 1.807) is 12.5 Å². The molecule has 0 bridgehead atoms. The summed E-state index contributed by atoms with van der Waals surface area (Å²) in [5.41, 5.74) is 1.71. The molecule has 2 fully saturated rings. The number of hydrogen-bond acceptors (Lipinski definition) is 2. The van der Waals surface area contributed by atoms with Crippen LogP contribution in [0.3, 0.4) is 0 Å². The monoisotopic (exact) mass is 318 g/mol. The smallest absolute Gasteiger partial charge is 0.219 e. The molecule has 1 unspecified atom stereocenters. The Balaban J connectivity index is 1.61. The molecule has 1 atom stereocenters. The molecule has 2 aliphatic carbocycles. The van der Waals surface area contributed by atoms with Crippen LogP contribution in [0.1, 0.15) is 77.6 Å². The molecule has 3 nitrogen and oxygen atoms in total. The molecule has 0 radical (unpaired) electrons. The number of hydrogen-bond donors (Lipinski definition) is 1. The molecule has 0 aromatic heterocycles. The average Bonchev–Trinajstić information content (AvgIpc) is 2.61. The van der Waals surface area contributed by atoms with Crippen LogP contribution < -0.4 is 5.32 Å². The average molecular weight is 319 g/mol. The van der Waals surface area contributed by atoms with Gasteiger partial charge in [0, 0.05) is 32.1 Å². The number of allylic oxidation sites excluding steroid dienone is 1. The van der Waals surface area contributed by atoms with Crippen molar-refractivity contribution in [2.45, 2.75) is 89.6 Å². The summed E-state index contributed by atoms with van der Waals surface area (Å²) in [5, 5.41) is 4.05. The van der Waals surface area contributed by atoms with Crippen LogP contribution in [0.25, 0.3) is 0 Å². The van der Waals surface area contributed by atoms with E-state index in [-0.39, 0.29) is 5.91 Å². The van der Waals surface area contributed by atoms with E-state index in [9.17, 15) is 4.79 Å². The van der Waals surface area contributed by atoms with Gasteiger partial charge in [-0.05, 0) is 57.3 Å². The van der Waals surface area contributed by atoms with Crippen LogP contribution >= 0.6 is 0 Å². The van der Waals surface area contributed by atoms with E-state index in [2.05, 4.69) is 11.4 Å². The lowest BCUT2D eigenvalue weighted by molar-refractivity contribution is -0.129. The predicted molar refractivity (Wildman–Crippen MR) is 95.3 cm³/mol. The van der Waals surface area contributed by atoms with Gasteiger partial charge in [0.25, 0.3) is 0 Å². The summed E-state index contributed by atoms with van der Waals surface area (Å²) in [4.78, 5) is 13.5. The summed E-state index contributed by atoms with van der Waals surface area (Å²) < 4.78 is 0. The van der Waals surface area contributed by atoms with Crippen molar-refractivity contribution in [3.8, 4) is 0 Å². The first-order chi connectivity index (χ1) is 11.2. The topological polar surface area (TPSA) is 32.3 Å². The molecule has 0 aromatic carbocycles. The zero-order chi connectivity index (χ0) is 16.1. The molecule has 1 heterocycles. The number of piperidine rings is 1. The molecule has 1 amide bonds. The summed E-state index contributed by atoms with van der Waals surface area (Å²) in [5.74, 6) is 1.08. The minimum atomic E-state index is 0.238. The van der Waals surface area contributed by atoms with Crippen molar-refractivity contribution in [3.05, 3.63) is 11.6 Å². The van der Waals surface area contributed by atoms with Gasteiger partial charge < -0.3 is 10.2 Å². The summed E-state index contributed by atoms with van der Waals surface area (Å²) >= 11 is 0. The first-order valence-electron chi connectivity index (χ1n) is 9.94. The molecule has 3 aliphatic rings. The highest BCUT2D eigenvalue weighted by Crippen LogP contribution is 2.33. The van der Waals surface area contributed by atoms with Gasteiger partial charge >= 0.3 is 0 Å². The van der Waals surface area contributed by atoms with Gasteiger partial charge in [-0.25, -0.2) is 0 Å². The Hall–Kier alpha value is -0.830. The number of amides is 1. The molecule has 3 heteroatoms. The zero-order valence-corrected chi connectivity index (χ0v) is 14.9. The summed E-state index contributed by atoms with van der Waals surface area (Å²) in [6, 6.07) is 1.21. The quantitative estimate of drug-likeness (QED) is 0.794. The van der Waals surface area contributed by atoms with E-state index in [4.69, 9.17) is 0 Å². The fourth-order valence-corrected chi connectivity index (χ4v) is 4.77. The van der Waals surface area contributed by atoms with Gasteiger partial charge in [-0.3, -0.25) is 4.79 Å². The van der Waals surface area contributed by atoms with Crippen molar-refractivity contribution < 1.29 is 4.79 Å². The van der Waals surface area contributed by atoms with Crippen LogP contribution in [0.2, 0.25) is 0 Å². The van der Waals surface area contributed by atoms with Gasteiger partial charge in [-0.15, -0.1) is 0 Å². The summed E-state index contributed by atoms with van der Waals surface area (Å²) in [7, 11) is 0. The van der Waals surface area contributed by atoms with Crippen LogP contribution in [-0.4, -0.2) is 36.0 Å². The highest BCUT2D eigenvalue weighted by Gasteiger charge is 2.30. The van der Waals surface area contributed by atoms with Crippen LogP contribution in [0.15, 0.2) is 11.6 Å². The number of nitrogens with one attached hydrogen (secondary N) is 1. The first-order valence-corrected chi connectivity index (χ1v) is 9.94. The van der Waals surface area contributed by atoms with Crippen molar-refractivity contribution in [2.75, 3.05) is 13.1 Å². The van der Waals surface area contributed by atoms with E-state index in [1.165, 1.54) is 57.8 Å². The minimum absolute atomic E-state index is 0.238. The maximum atomic E-state index is 11.5. The van der Waals surface area contributed by atoms with E-state index < -0.39 is 0 Å². The SMILES string of the molecule is CC(=O)N1CCC(NC(C2=CCCCC2)C2CCCCC2)CC1. The number of rotatable bonds is 4. The van der Waals surface area contributed by atoms with Gasteiger partial charge in [0.2, 0.25) is 5.91 Å². The van der Waals surface area contributed by atoms with Crippen molar-refractivity contribution in [3.63, 3.8) is 0 Å². The number of carbonyl (C=O) groups is 1. The Morgan fingerprint density at radius 1 is 1.09 bits per heavy atom. The van der Waals surface area contributed by atoms with E-state index >= 15 is 0 Å². The molecule has 0 aromatic rings. The highest BCUT2D eigenvalue weighted by atomic mass is 16.2. The largest absolute Gasteiger partial charge is 0.343 e. The Labute approximate surface area is 141 Å². The third-order valence-corrected chi connectivity index (χ3v) is 6.20. The van der Waals surface area contributed by atoms with E-state index in [0.717, 1.165) is 31.8 Å². The third kappa shape index (κ3) is 4.59.